The van der Waals surface area contributed by atoms with Gasteiger partial charge in [-0.3, -0.25) is 4.79 Å². The molecule has 1 aliphatic rings. The van der Waals surface area contributed by atoms with E-state index in [1.54, 1.807) is 0 Å². The molecule has 4 heterocycles. The van der Waals surface area contributed by atoms with Gasteiger partial charge in [-0.05, 0) is 45.0 Å². The first kappa shape index (κ1) is 19.3. The molecule has 0 aliphatic carbocycles. The highest BCUT2D eigenvalue weighted by molar-refractivity contribution is 7.13. The number of nitrogens with zero attached hydrogens (tertiary/aromatic N) is 6. The summed E-state index contributed by atoms with van der Waals surface area (Å²) in [4.78, 5) is 26.3. The number of carbonyl (C=O) groups is 1. The molecule has 0 radical (unpaired) electrons. The van der Waals surface area contributed by atoms with Gasteiger partial charge in [0.15, 0.2) is 11.6 Å². The molecule has 0 aromatic carbocycles. The molecule has 150 valence electrons. The van der Waals surface area contributed by atoms with Gasteiger partial charge in [0.2, 0.25) is 0 Å². The van der Waals surface area contributed by atoms with Crippen LogP contribution in [0.4, 0.5) is 17.5 Å². The Hall–Kier alpha value is -3.07. The Bertz CT molecular complexity index is 1010. The smallest absolute Gasteiger partial charge is 0.265 e. The third kappa shape index (κ3) is 4.34. The number of pyridine rings is 1. The standard InChI is InChI=1S/C20H23N7OS/c1-13-5-4-6-16(21-13)23-17-7-8-18(25-24-17)26-9-11-27(12-10-26)20(28)19-14(2)22-15(3)29-19/h4-8H,9-12H2,1-3H3,(H,21,23,24). The molecule has 0 spiro atoms. The van der Waals surface area contributed by atoms with Crippen LogP contribution in [-0.2, 0) is 0 Å². The Labute approximate surface area is 173 Å². The molecule has 1 aliphatic heterocycles. The van der Waals surface area contributed by atoms with Gasteiger partial charge in [0.1, 0.15) is 10.7 Å². The largest absolute Gasteiger partial charge is 0.352 e. The molecule has 1 fully saturated rings. The minimum atomic E-state index is 0.0732. The molecule has 0 unspecified atom stereocenters. The number of hydrogen-bond acceptors (Lipinski definition) is 8. The van der Waals surface area contributed by atoms with E-state index in [0.29, 0.717) is 18.9 Å². The zero-order chi connectivity index (χ0) is 20.4. The van der Waals surface area contributed by atoms with Crippen LogP contribution in [0.3, 0.4) is 0 Å². The van der Waals surface area contributed by atoms with Gasteiger partial charge in [-0.1, -0.05) is 6.07 Å². The van der Waals surface area contributed by atoms with Crippen LogP contribution >= 0.6 is 11.3 Å². The number of aryl methyl sites for hydroxylation is 3. The number of anilines is 3. The zero-order valence-electron chi connectivity index (χ0n) is 16.7. The average molecular weight is 410 g/mol. The Morgan fingerprint density at radius 2 is 1.76 bits per heavy atom. The van der Waals surface area contributed by atoms with Crippen molar-refractivity contribution in [3.8, 4) is 0 Å². The highest BCUT2D eigenvalue weighted by atomic mass is 32.1. The quantitative estimate of drug-likeness (QED) is 0.709. The van der Waals surface area contributed by atoms with Crippen molar-refractivity contribution in [1.29, 1.82) is 0 Å². The maximum atomic E-state index is 12.8. The van der Waals surface area contributed by atoms with Gasteiger partial charge >= 0.3 is 0 Å². The summed E-state index contributed by atoms with van der Waals surface area (Å²) >= 11 is 1.47. The van der Waals surface area contributed by atoms with Gasteiger partial charge in [-0.2, -0.15) is 0 Å². The van der Waals surface area contributed by atoms with Crippen molar-refractivity contribution in [2.24, 2.45) is 0 Å². The number of piperazine rings is 1. The summed E-state index contributed by atoms with van der Waals surface area (Å²) in [5, 5.41) is 12.7. The van der Waals surface area contributed by atoms with E-state index in [1.807, 2.05) is 56.0 Å². The topological polar surface area (TPSA) is 87.1 Å². The predicted molar refractivity (Wildman–Crippen MR) is 114 cm³/mol. The summed E-state index contributed by atoms with van der Waals surface area (Å²) in [6, 6.07) is 9.63. The molecular formula is C20H23N7OS. The van der Waals surface area contributed by atoms with E-state index in [9.17, 15) is 4.79 Å². The number of thiazole rings is 1. The molecule has 29 heavy (non-hydrogen) atoms. The van der Waals surface area contributed by atoms with Gasteiger partial charge in [-0.15, -0.1) is 21.5 Å². The van der Waals surface area contributed by atoms with E-state index in [-0.39, 0.29) is 5.91 Å². The molecule has 1 N–H and O–H groups in total. The number of carbonyl (C=O) groups excluding carboxylic acids is 1. The van der Waals surface area contributed by atoms with Gasteiger partial charge in [0.05, 0.1) is 10.7 Å². The van der Waals surface area contributed by atoms with Crippen molar-refractivity contribution in [1.82, 2.24) is 25.1 Å². The van der Waals surface area contributed by atoms with Crippen LogP contribution in [0.2, 0.25) is 0 Å². The lowest BCUT2D eigenvalue weighted by molar-refractivity contribution is 0.0750. The molecule has 0 atom stereocenters. The van der Waals surface area contributed by atoms with Gasteiger partial charge in [-0.25, -0.2) is 9.97 Å². The summed E-state index contributed by atoms with van der Waals surface area (Å²) in [6.45, 7) is 8.53. The summed E-state index contributed by atoms with van der Waals surface area (Å²) in [7, 11) is 0. The SMILES string of the molecule is Cc1cccc(Nc2ccc(N3CCN(C(=O)c4sc(C)nc4C)CC3)nn2)n1. The van der Waals surface area contributed by atoms with Crippen molar-refractivity contribution in [3.63, 3.8) is 0 Å². The lowest BCUT2D eigenvalue weighted by Crippen LogP contribution is -2.49. The third-order valence-corrected chi connectivity index (χ3v) is 5.84. The van der Waals surface area contributed by atoms with E-state index < -0.39 is 0 Å². The van der Waals surface area contributed by atoms with Crippen LogP contribution in [0.5, 0.6) is 0 Å². The Kier molecular flexibility index (Phi) is 5.39. The fourth-order valence-corrected chi connectivity index (χ4v) is 4.20. The molecule has 8 nitrogen and oxygen atoms in total. The maximum Gasteiger partial charge on any atom is 0.265 e. The predicted octanol–water partition coefficient (Wildman–Crippen LogP) is 2.96. The first-order chi connectivity index (χ1) is 14.0. The average Bonchev–Trinajstić information content (AvgIpc) is 3.06. The Balaban J connectivity index is 1.36. The Morgan fingerprint density at radius 3 is 2.38 bits per heavy atom. The summed E-state index contributed by atoms with van der Waals surface area (Å²) in [6.07, 6.45) is 0. The number of amides is 1. The molecule has 4 rings (SSSR count). The lowest BCUT2D eigenvalue weighted by Gasteiger charge is -2.35. The van der Waals surface area contributed by atoms with Gasteiger partial charge < -0.3 is 15.1 Å². The minimum Gasteiger partial charge on any atom is -0.352 e. The number of aromatic nitrogens is 4. The van der Waals surface area contributed by atoms with E-state index >= 15 is 0 Å². The van der Waals surface area contributed by atoms with Crippen molar-refractivity contribution >= 4 is 34.7 Å². The second-order valence-corrected chi connectivity index (χ2v) is 8.20. The molecule has 9 heteroatoms. The fourth-order valence-electron chi connectivity index (χ4n) is 3.32. The normalized spacial score (nSPS) is 14.2. The van der Waals surface area contributed by atoms with Crippen LogP contribution in [0.25, 0.3) is 0 Å². The fraction of sp³-hybridized carbons (Fsp3) is 0.350. The van der Waals surface area contributed by atoms with Gasteiger partial charge in [0.25, 0.3) is 5.91 Å². The van der Waals surface area contributed by atoms with Crippen LogP contribution < -0.4 is 10.2 Å². The lowest BCUT2D eigenvalue weighted by atomic mass is 10.2. The molecular weight excluding hydrogens is 386 g/mol. The molecule has 3 aromatic heterocycles. The number of rotatable bonds is 4. The van der Waals surface area contributed by atoms with Crippen LogP contribution in [0, 0.1) is 20.8 Å². The van der Waals surface area contributed by atoms with E-state index in [2.05, 4.69) is 30.4 Å². The van der Waals surface area contributed by atoms with E-state index in [0.717, 1.165) is 46.0 Å². The van der Waals surface area contributed by atoms with E-state index in [4.69, 9.17) is 0 Å². The second-order valence-electron chi connectivity index (χ2n) is 6.99. The molecule has 0 saturated carbocycles. The first-order valence-electron chi connectivity index (χ1n) is 9.52. The van der Waals surface area contributed by atoms with Crippen LogP contribution in [0.15, 0.2) is 30.3 Å². The molecule has 0 bridgehead atoms. The highest BCUT2D eigenvalue weighted by Crippen LogP contribution is 2.21. The Morgan fingerprint density at radius 1 is 0.966 bits per heavy atom. The molecule has 1 amide bonds. The summed E-state index contributed by atoms with van der Waals surface area (Å²) < 4.78 is 0. The monoisotopic (exact) mass is 409 g/mol. The number of nitrogens with one attached hydrogen (secondary N) is 1. The van der Waals surface area contributed by atoms with E-state index in [1.165, 1.54) is 11.3 Å². The van der Waals surface area contributed by atoms with Crippen molar-refractivity contribution < 1.29 is 4.79 Å². The van der Waals surface area contributed by atoms with Crippen molar-refractivity contribution in [3.05, 3.63) is 51.6 Å². The third-order valence-electron chi connectivity index (χ3n) is 4.78. The van der Waals surface area contributed by atoms with Crippen molar-refractivity contribution in [2.75, 3.05) is 36.4 Å². The maximum absolute atomic E-state index is 12.8. The molecule has 3 aromatic rings. The zero-order valence-corrected chi connectivity index (χ0v) is 17.5. The minimum absolute atomic E-state index is 0.0732. The van der Waals surface area contributed by atoms with Gasteiger partial charge in [0, 0.05) is 31.9 Å². The highest BCUT2D eigenvalue weighted by Gasteiger charge is 2.25. The number of hydrogen-bond donors (Lipinski definition) is 1. The van der Waals surface area contributed by atoms with Crippen molar-refractivity contribution in [2.45, 2.75) is 20.8 Å². The summed E-state index contributed by atoms with van der Waals surface area (Å²) in [5.41, 5.74) is 1.76. The van der Waals surface area contributed by atoms with Crippen LogP contribution in [-0.4, -0.2) is 57.2 Å². The first-order valence-corrected chi connectivity index (χ1v) is 10.3. The molecule has 1 saturated heterocycles. The summed E-state index contributed by atoms with van der Waals surface area (Å²) in [5.74, 6) is 2.28. The van der Waals surface area contributed by atoms with Crippen LogP contribution in [0.1, 0.15) is 26.1 Å². The second kappa shape index (κ2) is 8.12.